The van der Waals surface area contributed by atoms with Crippen LogP contribution in [0.4, 0.5) is 16.4 Å². The molecule has 0 unspecified atom stereocenters. The van der Waals surface area contributed by atoms with Crippen molar-refractivity contribution in [1.29, 1.82) is 0 Å². The number of phenolic OH excluding ortho intramolecular Hbond substituents is 1. The molecule has 71 heavy (non-hydrogen) atoms. The average Bonchev–Trinajstić information content (AvgIpc) is 3.34. The minimum Gasteiger partial charge on any atom is -0.508 e. The number of aliphatic carboxylic acids is 1. The Balaban J connectivity index is 0.000000283. The first kappa shape index (κ1) is 57.4. The molecule has 19 heteroatoms. The van der Waals surface area contributed by atoms with E-state index in [1.54, 1.807) is 57.2 Å². The highest BCUT2D eigenvalue weighted by Gasteiger charge is 2.25. The quantitative estimate of drug-likeness (QED) is 0.0345. The molecule has 0 aliphatic rings. The maximum Gasteiger partial charge on any atom is 0.408 e. The Morgan fingerprint density at radius 1 is 0.620 bits per heavy atom. The van der Waals surface area contributed by atoms with E-state index in [0.717, 1.165) is 51.9 Å². The molecule has 5 aromatic rings. The molecule has 2 heterocycles. The van der Waals surface area contributed by atoms with Crippen LogP contribution < -0.4 is 36.5 Å². The van der Waals surface area contributed by atoms with Crippen LogP contribution >= 0.6 is 0 Å². The number of amides is 2. The molecule has 0 radical (unpaired) electrons. The predicted octanol–water partition coefficient (Wildman–Crippen LogP) is 5.67. The number of aromatic nitrogens is 2. The number of pyridine rings is 2. The van der Waals surface area contributed by atoms with Crippen LogP contribution in [0.1, 0.15) is 55.8 Å². The molecule has 0 aliphatic heterocycles. The number of carbonyl (C=O) groups is 5. The number of nitrogens with one attached hydrogen (secondary N) is 4. The molecule has 3 aromatic carbocycles. The third-order valence-corrected chi connectivity index (χ3v) is 9.85. The predicted molar refractivity (Wildman–Crippen MR) is 268 cm³/mol. The number of nitrogens with zero attached hydrogens (tertiary/aromatic N) is 2. The van der Waals surface area contributed by atoms with Gasteiger partial charge >= 0.3 is 24.0 Å². The van der Waals surface area contributed by atoms with Crippen LogP contribution in [0.25, 0.3) is 0 Å². The molecule has 0 aliphatic carbocycles. The summed E-state index contributed by atoms with van der Waals surface area (Å²) in [5, 5.41) is 29.3. The Morgan fingerprint density at radius 3 is 1.46 bits per heavy atom. The lowest BCUT2D eigenvalue weighted by molar-refractivity contribution is -0.143. The zero-order valence-corrected chi connectivity index (χ0v) is 41.5. The first-order chi connectivity index (χ1) is 33.8. The standard InChI is InChI=1S/C19H23N3O4.C18H23N3O3.C15H21NO5/c1-13(23)21-17(19(24)25)12-14-6-8-16(9-7-14)26-11-10-15-4-3-5-18(20-2)22-15;1-20-17-5-3-4-14(21-17)10-11-24-15-8-6-13(7-9-15)12-16(19)18(22)23-2;1-15(2,3)21-14(19)16-12(13(18)20-4)9-10-5-7-11(17)8-6-10/h3-9,17H,10-12H2,1-2H3,(H,20,22)(H,21,23)(H,24,25);3-9,16H,10-12,19H2,1-2H3,(H,20,21);5-8,12,17H,9H2,1-4H3,(H,16,19)/t17-;16-;12-/m000/s1. The van der Waals surface area contributed by atoms with Crippen molar-refractivity contribution in [3.05, 3.63) is 137 Å². The summed E-state index contributed by atoms with van der Waals surface area (Å²) in [6, 6.07) is 30.3. The number of esters is 2. The molecular formula is C52H67N7O12. The van der Waals surface area contributed by atoms with Gasteiger partial charge in [0.15, 0.2) is 0 Å². The van der Waals surface area contributed by atoms with Crippen molar-refractivity contribution in [3.8, 4) is 17.2 Å². The number of rotatable bonds is 21. The number of phenols is 1. The van der Waals surface area contributed by atoms with Gasteiger partial charge in [-0.05, 0) is 105 Å². The molecule has 2 amide bonds. The highest BCUT2D eigenvalue weighted by Crippen LogP contribution is 2.17. The molecule has 0 bridgehead atoms. The van der Waals surface area contributed by atoms with E-state index in [1.807, 2.05) is 74.8 Å². The number of nitrogens with two attached hydrogens (primary N) is 1. The summed E-state index contributed by atoms with van der Waals surface area (Å²) in [6.07, 6.45) is 1.62. The van der Waals surface area contributed by atoms with E-state index in [4.69, 9.17) is 25.1 Å². The van der Waals surface area contributed by atoms with Crippen molar-refractivity contribution >= 4 is 41.5 Å². The second-order valence-electron chi connectivity index (χ2n) is 16.7. The highest BCUT2D eigenvalue weighted by molar-refractivity contribution is 5.82. The first-order valence-corrected chi connectivity index (χ1v) is 22.7. The topological polar surface area (TPSA) is 272 Å². The molecular weight excluding hydrogens is 915 g/mol. The van der Waals surface area contributed by atoms with Crippen molar-refractivity contribution in [2.75, 3.05) is 52.2 Å². The smallest absolute Gasteiger partial charge is 0.408 e. The molecule has 8 N–H and O–H groups in total. The number of carboxylic acid groups (broad SMARTS) is 1. The van der Waals surface area contributed by atoms with Gasteiger partial charge in [-0.1, -0.05) is 48.5 Å². The Bertz CT molecular complexity index is 2430. The number of benzene rings is 3. The minimum atomic E-state index is -1.06. The van der Waals surface area contributed by atoms with Crippen molar-refractivity contribution < 1.29 is 57.9 Å². The second kappa shape index (κ2) is 29.8. The van der Waals surface area contributed by atoms with E-state index in [2.05, 4.69) is 40.7 Å². The molecule has 3 atom stereocenters. The Morgan fingerprint density at radius 2 is 1.06 bits per heavy atom. The third kappa shape index (κ3) is 22.8. The highest BCUT2D eigenvalue weighted by atomic mass is 16.6. The minimum absolute atomic E-state index is 0.133. The number of aromatic hydroxyl groups is 1. The lowest BCUT2D eigenvalue weighted by Gasteiger charge is -2.22. The van der Waals surface area contributed by atoms with E-state index in [0.29, 0.717) is 31.8 Å². The van der Waals surface area contributed by atoms with E-state index in [9.17, 15) is 29.1 Å². The fourth-order valence-corrected chi connectivity index (χ4v) is 6.33. The number of methoxy groups -OCH3 is 2. The number of alkyl carbamates (subject to hydrolysis) is 1. The fourth-order valence-electron chi connectivity index (χ4n) is 6.33. The van der Waals surface area contributed by atoms with E-state index < -0.39 is 47.7 Å². The Labute approximate surface area is 414 Å². The van der Waals surface area contributed by atoms with Crippen molar-refractivity contribution in [3.63, 3.8) is 0 Å². The normalized spacial score (nSPS) is 11.8. The molecule has 19 nitrogen and oxygen atoms in total. The van der Waals surface area contributed by atoms with Crippen molar-refractivity contribution in [2.24, 2.45) is 5.73 Å². The maximum atomic E-state index is 11.8. The molecule has 382 valence electrons. The van der Waals surface area contributed by atoms with Gasteiger partial charge in [-0.2, -0.15) is 0 Å². The van der Waals surface area contributed by atoms with Crippen LogP contribution in [0, 0.1) is 0 Å². The van der Waals surface area contributed by atoms with Gasteiger partial charge in [0.25, 0.3) is 0 Å². The van der Waals surface area contributed by atoms with Crippen LogP contribution in [0.2, 0.25) is 0 Å². The zero-order valence-electron chi connectivity index (χ0n) is 41.5. The van der Waals surface area contributed by atoms with Gasteiger partial charge in [0.1, 0.15) is 52.6 Å². The lowest BCUT2D eigenvalue weighted by atomic mass is 10.1. The molecule has 5 rings (SSSR count). The Hall–Kier alpha value is -7.93. The van der Waals surface area contributed by atoms with Crippen LogP contribution in [-0.2, 0) is 65.5 Å². The number of hydrogen-bond acceptors (Lipinski definition) is 16. The van der Waals surface area contributed by atoms with Gasteiger partial charge in [-0.15, -0.1) is 0 Å². The Kier molecular flexibility index (Phi) is 24.1. The number of carbonyl (C=O) groups excluding carboxylic acids is 4. The van der Waals surface area contributed by atoms with Gasteiger partial charge in [-0.3, -0.25) is 9.59 Å². The van der Waals surface area contributed by atoms with Gasteiger partial charge in [-0.25, -0.2) is 24.4 Å². The van der Waals surface area contributed by atoms with Gasteiger partial charge < -0.3 is 60.9 Å². The average molecular weight is 982 g/mol. The van der Waals surface area contributed by atoms with Crippen molar-refractivity contribution in [2.45, 2.75) is 83.5 Å². The zero-order chi connectivity index (χ0) is 52.3. The molecule has 0 saturated heterocycles. The van der Waals surface area contributed by atoms with Gasteiger partial charge in [0, 0.05) is 58.1 Å². The molecule has 0 spiro atoms. The summed E-state index contributed by atoms with van der Waals surface area (Å²) < 4.78 is 25.9. The summed E-state index contributed by atoms with van der Waals surface area (Å²) in [4.78, 5) is 65.9. The summed E-state index contributed by atoms with van der Waals surface area (Å²) in [5.74, 6) is 0.872. The number of hydrogen-bond donors (Lipinski definition) is 7. The largest absolute Gasteiger partial charge is 0.508 e. The van der Waals surface area contributed by atoms with Crippen molar-refractivity contribution in [1.82, 2.24) is 20.6 Å². The van der Waals surface area contributed by atoms with Crippen LogP contribution in [0.15, 0.2) is 109 Å². The number of anilines is 2. The van der Waals surface area contributed by atoms with Crippen LogP contribution in [0.3, 0.4) is 0 Å². The fraction of sp³-hybridized carbons (Fsp3) is 0.365. The monoisotopic (exact) mass is 981 g/mol. The molecule has 0 saturated carbocycles. The van der Waals surface area contributed by atoms with Gasteiger partial charge in [0.2, 0.25) is 5.91 Å². The molecule has 2 aromatic heterocycles. The van der Waals surface area contributed by atoms with Crippen LogP contribution in [0.5, 0.6) is 17.2 Å². The lowest BCUT2D eigenvalue weighted by Crippen LogP contribution is -2.45. The maximum absolute atomic E-state index is 11.8. The second-order valence-corrected chi connectivity index (χ2v) is 16.7. The van der Waals surface area contributed by atoms with E-state index in [1.165, 1.54) is 33.3 Å². The van der Waals surface area contributed by atoms with Gasteiger partial charge in [0.05, 0.1) is 27.4 Å². The number of ether oxygens (including phenoxy) is 5. The van der Waals surface area contributed by atoms with E-state index >= 15 is 0 Å². The summed E-state index contributed by atoms with van der Waals surface area (Å²) in [6.45, 7) is 7.54. The first-order valence-electron chi connectivity index (χ1n) is 22.7. The number of carboxylic acids is 1. The van der Waals surface area contributed by atoms with Crippen LogP contribution in [-0.4, -0.2) is 115 Å². The third-order valence-electron chi connectivity index (χ3n) is 9.85. The SMILES string of the molecule is CNc1cccc(CCOc2ccc(C[C@H](N)C(=O)OC)cc2)n1.CNc1cccc(CCOc2ccc(C[C@H](NC(C)=O)C(=O)O)cc2)n1.COC(=O)[C@H](Cc1ccc(O)cc1)NC(=O)OC(C)(C)C. The summed E-state index contributed by atoms with van der Waals surface area (Å²) >= 11 is 0. The summed E-state index contributed by atoms with van der Waals surface area (Å²) in [5.41, 5.74) is 9.56. The molecule has 0 fully saturated rings. The van der Waals surface area contributed by atoms with E-state index in [-0.39, 0.29) is 24.5 Å². The summed E-state index contributed by atoms with van der Waals surface area (Å²) in [7, 11) is 6.25.